The minimum atomic E-state index is -0.0106. The van der Waals surface area contributed by atoms with Crippen LogP contribution in [0.2, 0.25) is 0 Å². The highest BCUT2D eigenvalue weighted by atomic mass is 127. The maximum Gasteiger partial charge on any atom is 0.265 e. The maximum absolute atomic E-state index is 12.3. The van der Waals surface area contributed by atoms with Crippen LogP contribution in [0.5, 0.6) is 5.75 Å². The van der Waals surface area contributed by atoms with E-state index in [-0.39, 0.29) is 42.5 Å². The Balaban J connectivity index is 0.00000363. The normalized spacial score (nSPS) is 14.3. The van der Waals surface area contributed by atoms with Crippen molar-refractivity contribution >= 4 is 41.5 Å². The molecule has 0 spiro atoms. The second-order valence-corrected chi connectivity index (χ2v) is 7.94. The molecular formula is C23H35IN6O2. The van der Waals surface area contributed by atoms with Gasteiger partial charge in [-0.3, -0.25) is 14.5 Å². The Hall–Kier alpha value is -2.30. The summed E-state index contributed by atoms with van der Waals surface area (Å²) in [4.78, 5) is 18.8. The number of amides is 1. The Bertz CT molecular complexity index is 943. The molecule has 0 saturated carbocycles. The van der Waals surface area contributed by atoms with Gasteiger partial charge < -0.3 is 20.3 Å². The highest BCUT2D eigenvalue weighted by Gasteiger charge is 2.24. The molecule has 2 heterocycles. The van der Waals surface area contributed by atoms with Gasteiger partial charge in [0.2, 0.25) is 0 Å². The van der Waals surface area contributed by atoms with E-state index in [9.17, 15) is 4.79 Å². The van der Waals surface area contributed by atoms with E-state index in [0.29, 0.717) is 13.1 Å². The molecule has 0 saturated heterocycles. The molecule has 0 fully saturated rings. The first-order chi connectivity index (χ1) is 14.9. The number of carbonyl (C=O) groups is 1. The fourth-order valence-corrected chi connectivity index (χ4v) is 3.84. The van der Waals surface area contributed by atoms with E-state index in [2.05, 4.69) is 43.4 Å². The summed E-state index contributed by atoms with van der Waals surface area (Å²) >= 11 is 0. The predicted octanol–water partition coefficient (Wildman–Crippen LogP) is 2.96. The smallest absolute Gasteiger partial charge is 0.265 e. The largest absolute Gasteiger partial charge is 0.482 e. The van der Waals surface area contributed by atoms with Gasteiger partial charge in [0.25, 0.3) is 5.91 Å². The summed E-state index contributed by atoms with van der Waals surface area (Å²) in [5.74, 6) is 1.54. The lowest BCUT2D eigenvalue weighted by molar-refractivity contribution is -0.121. The molecule has 1 aromatic carbocycles. The number of rotatable bonds is 8. The molecule has 1 aliphatic heterocycles. The number of nitrogens with zero attached hydrogens (tertiary/aromatic N) is 4. The van der Waals surface area contributed by atoms with Crippen molar-refractivity contribution < 1.29 is 9.53 Å². The van der Waals surface area contributed by atoms with E-state index in [1.165, 1.54) is 11.3 Å². The Morgan fingerprint density at radius 1 is 1.31 bits per heavy atom. The molecule has 0 bridgehead atoms. The van der Waals surface area contributed by atoms with Crippen molar-refractivity contribution in [1.82, 2.24) is 20.4 Å². The molecule has 1 amide bonds. The topological polar surface area (TPSA) is 83.8 Å². The van der Waals surface area contributed by atoms with Gasteiger partial charge in [0.15, 0.2) is 12.6 Å². The van der Waals surface area contributed by atoms with Crippen molar-refractivity contribution in [2.75, 3.05) is 31.1 Å². The summed E-state index contributed by atoms with van der Waals surface area (Å²) < 4.78 is 7.44. The number of ether oxygens (including phenoxy) is 1. The fourth-order valence-electron chi connectivity index (χ4n) is 3.84. The van der Waals surface area contributed by atoms with E-state index in [1.807, 2.05) is 36.0 Å². The van der Waals surface area contributed by atoms with Crippen molar-refractivity contribution in [3.63, 3.8) is 0 Å². The molecule has 1 aromatic heterocycles. The molecule has 3 rings (SSSR count). The third-order valence-electron chi connectivity index (χ3n) is 5.51. The second-order valence-electron chi connectivity index (χ2n) is 7.94. The van der Waals surface area contributed by atoms with E-state index in [0.717, 1.165) is 42.5 Å². The first-order valence-corrected chi connectivity index (χ1v) is 11.0. The molecule has 2 aromatic rings. The van der Waals surface area contributed by atoms with Crippen LogP contribution in [0.3, 0.4) is 0 Å². The SMILES string of the molecule is CCNC(=NCCCN1C(=O)COc2ccccc21)NC(C)Cc1c(C)nn(C)c1C.I. The van der Waals surface area contributed by atoms with Gasteiger partial charge in [0, 0.05) is 38.4 Å². The average Bonchev–Trinajstić information content (AvgIpc) is 2.98. The monoisotopic (exact) mass is 554 g/mol. The lowest BCUT2D eigenvalue weighted by Gasteiger charge is -2.29. The number of aliphatic imine (C=N–C) groups is 1. The highest BCUT2D eigenvalue weighted by Crippen LogP contribution is 2.31. The standard InChI is InChI=1S/C23H34N6O2.HI/c1-6-24-23(26-16(2)14-19-17(3)27-28(5)18(19)4)25-12-9-13-29-20-10-7-8-11-21(20)31-15-22(29)30;/h7-8,10-11,16H,6,9,12-15H2,1-5H3,(H2,24,25,26);1H. The van der Waals surface area contributed by atoms with E-state index < -0.39 is 0 Å². The van der Waals surface area contributed by atoms with Gasteiger partial charge in [0.05, 0.1) is 11.4 Å². The number of aryl methyl sites for hydroxylation is 2. The Morgan fingerprint density at radius 2 is 2.06 bits per heavy atom. The summed E-state index contributed by atoms with van der Waals surface area (Å²) in [7, 11) is 1.98. The molecule has 9 heteroatoms. The van der Waals surface area contributed by atoms with Crippen molar-refractivity contribution in [3.05, 3.63) is 41.2 Å². The third kappa shape index (κ3) is 6.36. The van der Waals surface area contributed by atoms with Gasteiger partial charge in [-0.05, 0) is 58.2 Å². The van der Waals surface area contributed by atoms with Crippen molar-refractivity contribution in [2.24, 2.45) is 12.0 Å². The third-order valence-corrected chi connectivity index (χ3v) is 5.51. The van der Waals surface area contributed by atoms with Crippen LogP contribution < -0.4 is 20.3 Å². The van der Waals surface area contributed by atoms with Gasteiger partial charge in [-0.2, -0.15) is 5.10 Å². The minimum Gasteiger partial charge on any atom is -0.482 e. The minimum absolute atomic E-state index is 0. The maximum atomic E-state index is 12.3. The number of hydrogen-bond acceptors (Lipinski definition) is 4. The van der Waals surface area contributed by atoms with E-state index in [1.54, 1.807) is 4.90 Å². The number of halogens is 1. The molecule has 1 atom stereocenters. The number of guanidine groups is 1. The van der Waals surface area contributed by atoms with Gasteiger partial charge in [-0.1, -0.05) is 12.1 Å². The Labute approximate surface area is 207 Å². The summed E-state index contributed by atoms with van der Waals surface area (Å²) in [5, 5.41) is 11.3. The molecule has 2 N–H and O–H groups in total. The number of benzene rings is 1. The average molecular weight is 554 g/mol. The first-order valence-electron chi connectivity index (χ1n) is 11.0. The first kappa shape index (κ1) is 26.0. The van der Waals surface area contributed by atoms with Crippen LogP contribution in [0.1, 0.15) is 37.2 Å². The van der Waals surface area contributed by atoms with Crippen LogP contribution in [0, 0.1) is 13.8 Å². The molecule has 1 aliphatic rings. The van der Waals surface area contributed by atoms with E-state index in [4.69, 9.17) is 9.73 Å². The van der Waals surface area contributed by atoms with Crippen LogP contribution in [0.4, 0.5) is 5.69 Å². The number of carbonyl (C=O) groups excluding carboxylic acids is 1. The van der Waals surface area contributed by atoms with Crippen molar-refractivity contribution in [1.29, 1.82) is 0 Å². The number of fused-ring (bicyclic) bond motifs is 1. The molecule has 0 aliphatic carbocycles. The van der Waals surface area contributed by atoms with Crippen LogP contribution in [0.25, 0.3) is 0 Å². The van der Waals surface area contributed by atoms with Crippen molar-refractivity contribution in [2.45, 2.75) is 46.6 Å². The lowest BCUT2D eigenvalue weighted by Crippen LogP contribution is -2.43. The second kappa shape index (κ2) is 12.1. The highest BCUT2D eigenvalue weighted by molar-refractivity contribution is 14.0. The molecular weight excluding hydrogens is 519 g/mol. The zero-order chi connectivity index (χ0) is 22.4. The quantitative estimate of drug-likeness (QED) is 0.227. The lowest BCUT2D eigenvalue weighted by atomic mass is 10.1. The van der Waals surface area contributed by atoms with Gasteiger partial charge >= 0.3 is 0 Å². The van der Waals surface area contributed by atoms with Gasteiger partial charge in [-0.25, -0.2) is 0 Å². The van der Waals surface area contributed by atoms with Crippen LogP contribution in [-0.2, 0) is 18.3 Å². The summed E-state index contributed by atoms with van der Waals surface area (Å²) in [6.07, 6.45) is 1.65. The molecule has 1 unspecified atom stereocenters. The van der Waals surface area contributed by atoms with Crippen molar-refractivity contribution in [3.8, 4) is 5.75 Å². The number of hydrogen-bond donors (Lipinski definition) is 2. The summed E-state index contributed by atoms with van der Waals surface area (Å²) in [5.41, 5.74) is 4.39. The summed E-state index contributed by atoms with van der Waals surface area (Å²) in [6.45, 7) is 10.5. The zero-order valence-corrected chi connectivity index (χ0v) is 22.0. The summed E-state index contributed by atoms with van der Waals surface area (Å²) in [6, 6.07) is 7.87. The van der Waals surface area contributed by atoms with Gasteiger partial charge in [-0.15, -0.1) is 24.0 Å². The Morgan fingerprint density at radius 3 is 2.75 bits per heavy atom. The van der Waals surface area contributed by atoms with E-state index >= 15 is 0 Å². The van der Waals surface area contributed by atoms with Crippen LogP contribution in [-0.4, -0.2) is 53.9 Å². The molecule has 176 valence electrons. The molecule has 32 heavy (non-hydrogen) atoms. The molecule has 8 nitrogen and oxygen atoms in total. The molecule has 0 radical (unpaired) electrons. The zero-order valence-electron chi connectivity index (χ0n) is 19.6. The van der Waals surface area contributed by atoms with Gasteiger partial charge in [0.1, 0.15) is 5.75 Å². The van der Waals surface area contributed by atoms with Crippen LogP contribution in [0.15, 0.2) is 29.3 Å². The van der Waals surface area contributed by atoms with Crippen LogP contribution >= 0.6 is 24.0 Å². The number of nitrogens with one attached hydrogen (secondary N) is 2. The fraction of sp³-hybridized carbons (Fsp3) is 0.522. The number of aromatic nitrogens is 2. The number of para-hydroxylation sites is 2. The predicted molar refractivity (Wildman–Crippen MR) is 139 cm³/mol. The number of anilines is 1. The Kier molecular flexibility index (Phi) is 9.80.